The molecule has 1 heterocycles. The Hall–Kier alpha value is -0.430. The van der Waals surface area contributed by atoms with Crippen molar-refractivity contribution in [3.05, 3.63) is 16.3 Å². The molecule has 0 spiro atoms. The lowest BCUT2D eigenvalue weighted by Crippen LogP contribution is -2.46. The molecule has 0 aliphatic carbocycles. The molecule has 0 saturated heterocycles. The summed E-state index contributed by atoms with van der Waals surface area (Å²) < 4.78 is 27.5. The van der Waals surface area contributed by atoms with Crippen molar-refractivity contribution in [1.29, 1.82) is 0 Å². The molecular weight excluding hydrogens is 268 g/mol. The van der Waals surface area contributed by atoms with E-state index in [-0.39, 0.29) is 5.54 Å². The van der Waals surface area contributed by atoms with Gasteiger partial charge in [-0.3, -0.25) is 0 Å². The Bertz CT molecular complexity index is 468. The molecule has 0 unspecified atom stereocenters. The lowest BCUT2D eigenvalue weighted by Gasteiger charge is -2.31. The maximum Gasteiger partial charge on any atom is 0.241 e. The van der Waals surface area contributed by atoms with Crippen LogP contribution in [-0.4, -0.2) is 14.0 Å². The first-order chi connectivity index (χ1) is 8.43. The molecule has 3 N–H and O–H groups in total. The van der Waals surface area contributed by atoms with E-state index < -0.39 is 10.0 Å². The summed E-state index contributed by atoms with van der Waals surface area (Å²) in [6.45, 7) is 6.40. The van der Waals surface area contributed by atoms with E-state index in [1.807, 2.05) is 20.8 Å². The normalized spacial score (nSPS) is 12.9. The van der Waals surface area contributed by atoms with Crippen LogP contribution in [0.2, 0.25) is 0 Å². The Morgan fingerprint density at radius 2 is 1.83 bits per heavy atom. The number of sulfonamides is 1. The predicted octanol–water partition coefficient (Wildman–Crippen LogP) is 2.45. The fourth-order valence-electron chi connectivity index (χ4n) is 1.92. The number of rotatable bonds is 7. The molecule has 0 aliphatic heterocycles. The molecule has 0 atom stereocenters. The van der Waals surface area contributed by atoms with Crippen molar-refractivity contribution in [3.63, 3.8) is 0 Å². The monoisotopic (exact) mass is 290 g/mol. The summed E-state index contributed by atoms with van der Waals surface area (Å²) in [7, 11) is -3.44. The number of hydrogen-bond acceptors (Lipinski definition) is 4. The summed E-state index contributed by atoms with van der Waals surface area (Å²) in [4.78, 5) is 1.21. The van der Waals surface area contributed by atoms with Gasteiger partial charge in [0.15, 0.2) is 0 Å². The van der Waals surface area contributed by atoms with E-state index in [4.69, 9.17) is 5.73 Å². The molecule has 6 heteroatoms. The van der Waals surface area contributed by atoms with Crippen LogP contribution in [0.3, 0.4) is 0 Å². The zero-order valence-electron chi connectivity index (χ0n) is 11.2. The van der Waals surface area contributed by atoms with E-state index in [0.29, 0.717) is 11.4 Å². The smallest absolute Gasteiger partial charge is 0.241 e. The van der Waals surface area contributed by atoms with Crippen molar-refractivity contribution in [2.75, 3.05) is 0 Å². The second-order valence-electron chi connectivity index (χ2n) is 4.40. The molecule has 0 aliphatic rings. The largest absolute Gasteiger partial charge is 0.326 e. The maximum atomic E-state index is 12.3. The minimum absolute atomic E-state index is 0.327. The van der Waals surface area contributed by atoms with Gasteiger partial charge >= 0.3 is 0 Å². The maximum absolute atomic E-state index is 12.3. The van der Waals surface area contributed by atoms with Crippen LogP contribution in [0.15, 0.2) is 16.3 Å². The molecule has 0 aromatic carbocycles. The summed E-state index contributed by atoms with van der Waals surface area (Å²) in [6.07, 6.45) is 2.35. The van der Waals surface area contributed by atoms with Crippen LogP contribution in [-0.2, 0) is 16.6 Å². The fraction of sp³-hybridized carbons (Fsp3) is 0.667. The van der Waals surface area contributed by atoms with Gasteiger partial charge in [-0.05, 0) is 25.3 Å². The van der Waals surface area contributed by atoms with Crippen molar-refractivity contribution in [2.45, 2.75) is 57.0 Å². The highest BCUT2D eigenvalue weighted by Gasteiger charge is 2.30. The van der Waals surface area contributed by atoms with Crippen LogP contribution in [0.1, 0.15) is 44.9 Å². The Morgan fingerprint density at radius 1 is 1.28 bits per heavy atom. The molecule has 4 nitrogen and oxygen atoms in total. The lowest BCUT2D eigenvalue weighted by atomic mass is 9.91. The summed E-state index contributed by atoms with van der Waals surface area (Å²) in [6, 6.07) is 1.65. The minimum atomic E-state index is -3.44. The minimum Gasteiger partial charge on any atom is -0.326 e. The molecule has 0 saturated carbocycles. The third-order valence-electron chi connectivity index (χ3n) is 3.52. The van der Waals surface area contributed by atoms with Crippen LogP contribution in [0, 0.1) is 0 Å². The zero-order valence-corrected chi connectivity index (χ0v) is 12.8. The van der Waals surface area contributed by atoms with Crippen molar-refractivity contribution in [3.8, 4) is 0 Å². The van der Waals surface area contributed by atoms with Crippen molar-refractivity contribution in [1.82, 2.24) is 4.72 Å². The molecule has 0 bridgehead atoms. The molecule has 0 radical (unpaired) electrons. The third kappa shape index (κ3) is 3.32. The Morgan fingerprint density at radius 3 is 2.22 bits per heavy atom. The van der Waals surface area contributed by atoms with Gasteiger partial charge in [0.05, 0.1) is 4.90 Å². The van der Waals surface area contributed by atoms with Gasteiger partial charge in [0.2, 0.25) is 10.0 Å². The summed E-state index contributed by atoms with van der Waals surface area (Å²) in [5.74, 6) is 0. The molecule has 1 aromatic heterocycles. The molecular formula is C12H22N2O2S2. The van der Waals surface area contributed by atoms with Crippen molar-refractivity contribution >= 4 is 21.4 Å². The van der Waals surface area contributed by atoms with Crippen LogP contribution in [0.25, 0.3) is 0 Å². The first-order valence-corrected chi connectivity index (χ1v) is 8.60. The summed E-state index contributed by atoms with van der Waals surface area (Å²) >= 11 is 1.38. The standard InChI is InChI=1S/C12H22N2O2S2/c1-4-12(5-2,6-3)14-18(15,16)11-7-10(8-13)17-9-11/h7,9,14H,4-6,8,13H2,1-3H3. The van der Waals surface area contributed by atoms with E-state index >= 15 is 0 Å². The summed E-state index contributed by atoms with van der Waals surface area (Å²) in [5, 5.41) is 1.65. The Labute approximate surface area is 114 Å². The van der Waals surface area contributed by atoms with Crippen molar-refractivity contribution in [2.24, 2.45) is 5.73 Å². The van der Waals surface area contributed by atoms with E-state index in [9.17, 15) is 8.42 Å². The second kappa shape index (κ2) is 6.14. The first kappa shape index (κ1) is 15.6. The van der Waals surface area contributed by atoms with E-state index in [1.165, 1.54) is 11.3 Å². The number of nitrogens with two attached hydrogens (primary N) is 1. The topological polar surface area (TPSA) is 72.2 Å². The quantitative estimate of drug-likeness (QED) is 0.810. The summed E-state index contributed by atoms with van der Waals surface area (Å²) in [5.41, 5.74) is 5.16. The lowest BCUT2D eigenvalue weighted by molar-refractivity contribution is 0.342. The molecule has 18 heavy (non-hydrogen) atoms. The van der Waals surface area contributed by atoms with Gasteiger partial charge in [0.25, 0.3) is 0 Å². The average Bonchev–Trinajstić information content (AvgIpc) is 2.85. The van der Waals surface area contributed by atoms with Gasteiger partial charge in [-0.1, -0.05) is 20.8 Å². The van der Waals surface area contributed by atoms with Crippen LogP contribution in [0.5, 0.6) is 0 Å². The van der Waals surface area contributed by atoms with E-state index in [2.05, 4.69) is 4.72 Å². The van der Waals surface area contributed by atoms with Gasteiger partial charge in [-0.2, -0.15) is 0 Å². The van der Waals surface area contributed by atoms with E-state index in [0.717, 1.165) is 24.1 Å². The fourth-order valence-corrected chi connectivity index (χ4v) is 4.69. The molecule has 0 fully saturated rings. The average molecular weight is 290 g/mol. The highest BCUT2D eigenvalue weighted by Crippen LogP contribution is 2.25. The van der Waals surface area contributed by atoms with Gasteiger partial charge in [0.1, 0.15) is 0 Å². The molecule has 0 amide bonds. The number of thiophene rings is 1. The van der Waals surface area contributed by atoms with Crippen LogP contribution < -0.4 is 10.5 Å². The predicted molar refractivity (Wildman–Crippen MR) is 76.1 cm³/mol. The number of nitrogens with one attached hydrogen (secondary N) is 1. The zero-order chi connectivity index (χ0) is 13.8. The second-order valence-corrected chi connectivity index (χ2v) is 7.08. The Kier molecular flexibility index (Phi) is 5.33. The van der Waals surface area contributed by atoms with E-state index in [1.54, 1.807) is 11.4 Å². The Balaban J connectivity index is 3.00. The highest BCUT2D eigenvalue weighted by molar-refractivity contribution is 7.89. The van der Waals surface area contributed by atoms with Gasteiger partial charge in [-0.15, -0.1) is 11.3 Å². The van der Waals surface area contributed by atoms with Gasteiger partial charge in [0, 0.05) is 22.3 Å². The molecule has 104 valence electrons. The van der Waals surface area contributed by atoms with Crippen LogP contribution >= 0.6 is 11.3 Å². The highest BCUT2D eigenvalue weighted by atomic mass is 32.2. The van der Waals surface area contributed by atoms with Gasteiger partial charge < -0.3 is 5.73 Å². The number of hydrogen-bond donors (Lipinski definition) is 2. The third-order valence-corrected chi connectivity index (χ3v) is 6.19. The van der Waals surface area contributed by atoms with Crippen molar-refractivity contribution < 1.29 is 8.42 Å². The molecule has 1 aromatic rings. The molecule has 1 rings (SSSR count). The van der Waals surface area contributed by atoms with Gasteiger partial charge in [-0.25, -0.2) is 13.1 Å². The SMILES string of the molecule is CCC(CC)(CC)NS(=O)(=O)c1csc(CN)c1. The van der Waals surface area contributed by atoms with Crippen LogP contribution in [0.4, 0.5) is 0 Å². The first-order valence-electron chi connectivity index (χ1n) is 6.24.